The molecule has 5 rings (SSSR count). The molecule has 3 aromatic rings. The predicted molar refractivity (Wildman–Crippen MR) is 146 cm³/mol. The maximum Gasteiger partial charge on any atom is 0.274 e. The van der Waals surface area contributed by atoms with Crippen LogP contribution in [0.3, 0.4) is 0 Å². The first kappa shape index (κ1) is 26.6. The normalized spacial score (nSPS) is 17.8. The van der Waals surface area contributed by atoms with E-state index in [0.717, 1.165) is 44.3 Å². The van der Waals surface area contributed by atoms with E-state index in [1.807, 2.05) is 28.0 Å². The van der Waals surface area contributed by atoms with Crippen molar-refractivity contribution in [2.24, 2.45) is 5.41 Å². The number of benzene rings is 1. The Bertz CT molecular complexity index is 1280. The van der Waals surface area contributed by atoms with E-state index in [0.29, 0.717) is 49.9 Å². The number of hydrogen-bond donors (Lipinski definition) is 0. The molecule has 0 radical (unpaired) electrons. The first-order valence-corrected chi connectivity index (χ1v) is 13.6. The lowest BCUT2D eigenvalue weighted by molar-refractivity contribution is 0.0325. The number of fused-ring (bicyclic) bond motifs is 1. The van der Waals surface area contributed by atoms with Crippen LogP contribution in [0, 0.1) is 5.41 Å². The number of piperidine rings is 1. The second-order valence-corrected chi connectivity index (χ2v) is 10.4. The lowest BCUT2D eigenvalue weighted by atomic mass is 9.73. The zero-order valence-corrected chi connectivity index (χ0v) is 22.4. The maximum atomic E-state index is 13.6. The Labute approximate surface area is 229 Å². The highest BCUT2D eigenvalue weighted by molar-refractivity contribution is 5.94. The molecule has 0 aliphatic carbocycles. The lowest BCUT2D eigenvalue weighted by Crippen LogP contribution is -2.50. The molecule has 0 N–H and O–H groups in total. The van der Waals surface area contributed by atoms with Crippen LogP contribution in [-0.4, -0.2) is 76.5 Å². The summed E-state index contributed by atoms with van der Waals surface area (Å²) in [4.78, 5) is 43.1. The Morgan fingerprint density at radius 3 is 2.56 bits per heavy atom. The van der Waals surface area contributed by atoms with Crippen molar-refractivity contribution in [1.82, 2.24) is 24.8 Å². The molecule has 1 spiro atoms. The number of likely N-dealkylation sites (tertiary alicyclic amines) is 1. The van der Waals surface area contributed by atoms with Crippen LogP contribution in [0.15, 0.2) is 61.2 Å². The third-order valence-corrected chi connectivity index (χ3v) is 7.89. The molecule has 204 valence electrons. The largest absolute Gasteiger partial charge is 0.491 e. The molecule has 0 bridgehead atoms. The van der Waals surface area contributed by atoms with E-state index in [-0.39, 0.29) is 17.2 Å². The molecular formula is C30H35N5O4. The summed E-state index contributed by atoms with van der Waals surface area (Å²) in [5, 5.41) is 0. The summed E-state index contributed by atoms with van der Waals surface area (Å²) in [6.45, 7) is 2.71. The fourth-order valence-electron chi connectivity index (χ4n) is 5.67. The van der Waals surface area contributed by atoms with Gasteiger partial charge in [0.25, 0.3) is 11.8 Å². The van der Waals surface area contributed by atoms with E-state index in [1.54, 1.807) is 37.8 Å². The van der Waals surface area contributed by atoms with Gasteiger partial charge in [0.15, 0.2) is 0 Å². The molecule has 39 heavy (non-hydrogen) atoms. The summed E-state index contributed by atoms with van der Waals surface area (Å²) >= 11 is 0. The number of nitrogens with zero attached hydrogens (tertiary/aromatic N) is 5. The van der Waals surface area contributed by atoms with Crippen molar-refractivity contribution in [2.45, 2.75) is 38.5 Å². The van der Waals surface area contributed by atoms with Crippen molar-refractivity contribution in [3.05, 3.63) is 78.0 Å². The summed E-state index contributed by atoms with van der Waals surface area (Å²) in [5.41, 5.74) is 2.02. The molecule has 2 aromatic heterocycles. The van der Waals surface area contributed by atoms with Crippen LogP contribution < -0.4 is 9.47 Å². The number of pyridine rings is 1. The molecule has 2 aliphatic rings. The number of carbonyl (C=O) groups is 2. The van der Waals surface area contributed by atoms with Gasteiger partial charge in [0.05, 0.1) is 19.9 Å². The molecule has 9 heteroatoms. The van der Waals surface area contributed by atoms with E-state index >= 15 is 0 Å². The first-order valence-electron chi connectivity index (χ1n) is 13.6. The summed E-state index contributed by atoms with van der Waals surface area (Å²) in [6.07, 6.45) is 11.9. The third-order valence-electron chi connectivity index (χ3n) is 7.89. The van der Waals surface area contributed by atoms with E-state index in [4.69, 9.17) is 9.47 Å². The van der Waals surface area contributed by atoms with Gasteiger partial charge in [-0.25, -0.2) is 9.97 Å². The SMILES string of the molecule is COc1cc(C(=O)N2CCC3(CCCCc4ccccc4OCCN(C(=O)c4cnccn4)C3)CC2)ccn1. The van der Waals surface area contributed by atoms with Crippen LogP contribution >= 0.6 is 0 Å². The standard InChI is InChI=1S/C30H35N5O4/c1-38-27-20-24(9-13-33-27)28(36)34-16-11-30(12-17-34)10-5-4-7-23-6-2-3-8-26(23)39-19-18-35(22-30)29(37)25-21-31-14-15-32-25/h2-3,6,8-9,13-15,20-21H,4-5,7,10-12,16-19,22H2,1H3. The minimum absolute atomic E-state index is 0.0174. The zero-order valence-electron chi connectivity index (χ0n) is 22.4. The van der Waals surface area contributed by atoms with Gasteiger partial charge in [-0.15, -0.1) is 0 Å². The number of para-hydroxylation sites is 1. The van der Waals surface area contributed by atoms with E-state index in [9.17, 15) is 9.59 Å². The van der Waals surface area contributed by atoms with Gasteiger partial charge in [-0.05, 0) is 55.2 Å². The molecule has 2 amide bonds. The summed E-state index contributed by atoms with van der Waals surface area (Å²) in [7, 11) is 1.54. The van der Waals surface area contributed by atoms with E-state index in [1.165, 1.54) is 11.8 Å². The van der Waals surface area contributed by atoms with E-state index in [2.05, 4.69) is 21.0 Å². The van der Waals surface area contributed by atoms with Crippen LogP contribution in [0.4, 0.5) is 0 Å². The van der Waals surface area contributed by atoms with Crippen molar-refractivity contribution in [1.29, 1.82) is 0 Å². The molecule has 1 fully saturated rings. The van der Waals surface area contributed by atoms with Crippen LogP contribution in [-0.2, 0) is 6.42 Å². The smallest absolute Gasteiger partial charge is 0.274 e. The van der Waals surface area contributed by atoms with Gasteiger partial charge in [0.2, 0.25) is 5.88 Å². The molecule has 0 unspecified atom stereocenters. The summed E-state index contributed by atoms with van der Waals surface area (Å²) < 4.78 is 11.4. The van der Waals surface area contributed by atoms with Crippen LogP contribution in [0.5, 0.6) is 11.6 Å². The number of methoxy groups -OCH3 is 1. The highest BCUT2D eigenvalue weighted by Gasteiger charge is 2.39. The molecule has 0 saturated carbocycles. The minimum atomic E-state index is -0.140. The predicted octanol–water partition coefficient (Wildman–Crippen LogP) is 4.05. The lowest BCUT2D eigenvalue weighted by Gasteiger charge is -2.45. The number of carbonyl (C=O) groups excluding carboxylic acids is 2. The Balaban J connectivity index is 1.35. The average molecular weight is 530 g/mol. The van der Waals surface area contributed by atoms with Gasteiger partial charge in [-0.1, -0.05) is 24.6 Å². The molecule has 1 saturated heterocycles. The number of hydrogen-bond acceptors (Lipinski definition) is 7. The Hall–Kier alpha value is -4.01. The van der Waals surface area contributed by atoms with Crippen molar-refractivity contribution >= 4 is 11.8 Å². The van der Waals surface area contributed by atoms with Crippen molar-refractivity contribution in [3.63, 3.8) is 0 Å². The van der Waals surface area contributed by atoms with Gasteiger partial charge >= 0.3 is 0 Å². The summed E-state index contributed by atoms with van der Waals surface area (Å²) in [6, 6.07) is 11.6. The fraction of sp³-hybridized carbons (Fsp3) is 0.433. The van der Waals surface area contributed by atoms with Crippen LogP contribution in [0.2, 0.25) is 0 Å². The first-order chi connectivity index (χ1) is 19.1. The van der Waals surface area contributed by atoms with Gasteiger partial charge in [-0.3, -0.25) is 14.6 Å². The molecular weight excluding hydrogens is 494 g/mol. The van der Waals surface area contributed by atoms with Crippen LogP contribution in [0.1, 0.15) is 58.5 Å². The number of amides is 2. The van der Waals surface area contributed by atoms with Crippen molar-refractivity contribution in [3.8, 4) is 11.6 Å². The topological polar surface area (TPSA) is 97.8 Å². The van der Waals surface area contributed by atoms with Gasteiger partial charge < -0.3 is 19.3 Å². The molecule has 4 heterocycles. The second-order valence-electron chi connectivity index (χ2n) is 10.4. The highest BCUT2D eigenvalue weighted by atomic mass is 16.5. The minimum Gasteiger partial charge on any atom is -0.491 e. The molecule has 1 aromatic carbocycles. The number of ether oxygens (including phenoxy) is 2. The van der Waals surface area contributed by atoms with Gasteiger partial charge in [0, 0.05) is 49.9 Å². The zero-order chi connectivity index (χ0) is 27.1. The highest BCUT2D eigenvalue weighted by Crippen LogP contribution is 2.39. The maximum absolute atomic E-state index is 13.6. The van der Waals surface area contributed by atoms with Crippen molar-refractivity contribution in [2.75, 3.05) is 39.9 Å². The number of rotatable bonds is 3. The number of aryl methyl sites for hydroxylation is 1. The Morgan fingerprint density at radius 1 is 0.923 bits per heavy atom. The summed E-state index contributed by atoms with van der Waals surface area (Å²) in [5.74, 6) is 1.16. The quantitative estimate of drug-likeness (QED) is 0.505. The number of aromatic nitrogens is 3. The molecule has 0 atom stereocenters. The molecule has 2 aliphatic heterocycles. The fourth-order valence-corrected chi connectivity index (χ4v) is 5.67. The monoisotopic (exact) mass is 529 g/mol. The van der Waals surface area contributed by atoms with Gasteiger partial charge in [0.1, 0.15) is 18.1 Å². The van der Waals surface area contributed by atoms with E-state index < -0.39 is 0 Å². The third kappa shape index (κ3) is 6.35. The average Bonchev–Trinajstić information content (AvgIpc) is 2.99. The van der Waals surface area contributed by atoms with Crippen molar-refractivity contribution < 1.29 is 19.1 Å². The van der Waals surface area contributed by atoms with Gasteiger partial charge in [-0.2, -0.15) is 0 Å². The Kier molecular flexibility index (Phi) is 8.34. The second kappa shape index (κ2) is 12.2. The Morgan fingerprint density at radius 2 is 1.77 bits per heavy atom. The molecule has 9 nitrogen and oxygen atoms in total. The van der Waals surface area contributed by atoms with Crippen LogP contribution in [0.25, 0.3) is 0 Å².